The van der Waals surface area contributed by atoms with Gasteiger partial charge in [0.2, 0.25) is 0 Å². The van der Waals surface area contributed by atoms with Crippen LogP contribution in [0.3, 0.4) is 0 Å². The van der Waals surface area contributed by atoms with Gasteiger partial charge in [-0.1, -0.05) is 12.1 Å². The first kappa shape index (κ1) is 16.5. The molecule has 0 aliphatic carbocycles. The molecule has 3 rings (SSSR count). The Hall–Kier alpha value is -3.33. The van der Waals surface area contributed by atoms with Crippen LogP contribution in [0, 0.1) is 25.2 Å². The SMILES string of the molecule is Cc1cccc(CN(Cc2cccc(C)n2)c2cnc(C#N)cn2)n1. The molecule has 0 radical (unpaired) electrons. The van der Waals surface area contributed by atoms with Crippen LogP contribution in [0.25, 0.3) is 0 Å². The minimum absolute atomic E-state index is 0.297. The maximum atomic E-state index is 8.91. The third-order valence-electron chi connectivity index (χ3n) is 3.67. The van der Waals surface area contributed by atoms with Crippen LogP contribution in [0.1, 0.15) is 28.5 Å². The van der Waals surface area contributed by atoms with E-state index in [1.165, 1.54) is 6.20 Å². The van der Waals surface area contributed by atoms with Crippen molar-refractivity contribution in [2.24, 2.45) is 0 Å². The number of aromatic nitrogens is 4. The van der Waals surface area contributed by atoms with Gasteiger partial charge < -0.3 is 4.90 Å². The van der Waals surface area contributed by atoms with E-state index in [1.807, 2.05) is 56.3 Å². The van der Waals surface area contributed by atoms with Crippen molar-refractivity contribution in [1.82, 2.24) is 19.9 Å². The molecule has 0 aliphatic heterocycles. The predicted molar refractivity (Wildman–Crippen MR) is 94.6 cm³/mol. The Bertz CT molecular complexity index is 851. The smallest absolute Gasteiger partial charge is 0.158 e. The Balaban J connectivity index is 1.90. The highest BCUT2D eigenvalue weighted by Crippen LogP contribution is 2.16. The van der Waals surface area contributed by atoms with E-state index in [0.29, 0.717) is 24.6 Å². The van der Waals surface area contributed by atoms with Gasteiger partial charge in [0, 0.05) is 11.4 Å². The van der Waals surface area contributed by atoms with Crippen molar-refractivity contribution >= 4 is 5.82 Å². The molecule has 3 aromatic rings. The van der Waals surface area contributed by atoms with E-state index in [-0.39, 0.29) is 0 Å². The molecule has 0 amide bonds. The van der Waals surface area contributed by atoms with E-state index in [9.17, 15) is 0 Å². The largest absolute Gasteiger partial charge is 0.344 e. The third kappa shape index (κ3) is 4.36. The lowest BCUT2D eigenvalue weighted by molar-refractivity contribution is 0.744. The van der Waals surface area contributed by atoms with Gasteiger partial charge in [-0.05, 0) is 38.1 Å². The monoisotopic (exact) mass is 330 g/mol. The van der Waals surface area contributed by atoms with Crippen molar-refractivity contribution in [3.8, 4) is 6.07 Å². The lowest BCUT2D eigenvalue weighted by atomic mass is 10.2. The number of anilines is 1. The number of hydrogen-bond acceptors (Lipinski definition) is 6. The van der Waals surface area contributed by atoms with E-state index < -0.39 is 0 Å². The van der Waals surface area contributed by atoms with Crippen molar-refractivity contribution < 1.29 is 0 Å². The average Bonchev–Trinajstić information content (AvgIpc) is 2.61. The number of aryl methyl sites for hydroxylation is 2. The quantitative estimate of drug-likeness (QED) is 0.715. The van der Waals surface area contributed by atoms with Gasteiger partial charge in [0.25, 0.3) is 0 Å². The first-order valence-electron chi connectivity index (χ1n) is 7.96. The summed E-state index contributed by atoms with van der Waals surface area (Å²) in [5, 5.41) is 8.91. The van der Waals surface area contributed by atoms with Gasteiger partial charge in [-0.15, -0.1) is 0 Å². The third-order valence-corrected chi connectivity index (χ3v) is 3.67. The maximum absolute atomic E-state index is 8.91. The second-order valence-electron chi connectivity index (χ2n) is 5.77. The Morgan fingerprint density at radius 1 is 0.880 bits per heavy atom. The number of hydrogen-bond donors (Lipinski definition) is 0. The second-order valence-corrected chi connectivity index (χ2v) is 5.77. The van der Waals surface area contributed by atoms with Crippen molar-refractivity contribution in [3.05, 3.63) is 77.3 Å². The Labute approximate surface area is 146 Å². The van der Waals surface area contributed by atoms with E-state index in [4.69, 9.17) is 5.26 Å². The summed E-state index contributed by atoms with van der Waals surface area (Å²) in [6, 6.07) is 13.9. The zero-order valence-corrected chi connectivity index (χ0v) is 14.2. The molecular weight excluding hydrogens is 312 g/mol. The molecule has 0 saturated heterocycles. The van der Waals surface area contributed by atoms with Gasteiger partial charge in [0.15, 0.2) is 5.69 Å². The standard InChI is InChI=1S/C19H18N6/c1-14-5-3-7-16(23-14)12-25(13-17-8-4-6-15(2)24-17)19-11-21-18(9-20)10-22-19/h3-8,10-11H,12-13H2,1-2H3. The molecule has 25 heavy (non-hydrogen) atoms. The molecule has 0 unspecified atom stereocenters. The summed E-state index contributed by atoms with van der Waals surface area (Å²) < 4.78 is 0. The minimum Gasteiger partial charge on any atom is -0.344 e. The summed E-state index contributed by atoms with van der Waals surface area (Å²) >= 11 is 0. The summed E-state index contributed by atoms with van der Waals surface area (Å²) in [5.41, 5.74) is 4.12. The molecule has 0 aliphatic rings. The number of nitrogens with zero attached hydrogens (tertiary/aromatic N) is 6. The van der Waals surface area contributed by atoms with Crippen LogP contribution in [0.15, 0.2) is 48.8 Å². The highest BCUT2D eigenvalue weighted by Gasteiger charge is 2.12. The number of pyridine rings is 2. The van der Waals surface area contributed by atoms with Crippen LogP contribution in [-0.4, -0.2) is 19.9 Å². The van der Waals surface area contributed by atoms with Gasteiger partial charge in [-0.2, -0.15) is 5.26 Å². The molecule has 0 atom stereocenters. The summed E-state index contributed by atoms with van der Waals surface area (Å²) in [5.74, 6) is 0.686. The van der Waals surface area contributed by atoms with Crippen molar-refractivity contribution in [2.45, 2.75) is 26.9 Å². The van der Waals surface area contributed by atoms with Crippen LogP contribution in [0.4, 0.5) is 5.82 Å². The maximum Gasteiger partial charge on any atom is 0.158 e. The predicted octanol–water partition coefficient (Wildman–Crippen LogP) is 2.96. The fourth-order valence-corrected chi connectivity index (χ4v) is 2.53. The molecular formula is C19H18N6. The molecule has 0 saturated carbocycles. The summed E-state index contributed by atoms with van der Waals surface area (Å²) in [7, 11) is 0. The first-order chi connectivity index (χ1) is 12.1. The molecule has 0 fully saturated rings. The van der Waals surface area contributed by atoms with E-state index >= 15 is 0 Å². The Morgan fingerprint density at radius 2 is 1.48 bits per heavy atom. The molecule has 0 aromatic carbocycles. The highest BCUT2D eigenvalue weighted by molar-refractivity contribution is 5.38. The zero-order chi connectivity index (χ0) is 17.6. The van der Waals surface area contributed by atoms with E-state index in [2.05, 4.69) is 24.8 Å². The molecule has 0 bridgehead atoms. The minimum atomic E-state index is 0.297. The summed E-state index contributed by atoms with van der Waals surface area (Å²) in [6.07, 6.45) is 3.10. The fourth-order valence-electron chi connectivity index (χ4n) is 2.53. The second kappa shape index (κ2) is 7.49. The fraction of sp³-hybridized carbons (Fsp3) is 0.211. The Morgan fingerprint density at radius 3 is 1.92 bits per heavy atom. The lowest BCUT2D eigenvalue weighted by Gasteiger charge is -2.23. The molecule has 6 nitrogen and oxygen atoms in total. The van der Waals surface area contributed by atoms with Gasteiger partial charge >= 0.3 is 0 Å². The van der Waals surface area contributed by atoms with Gasteiger partial charge in [0.05, 0.1) is 36.9 Å². The zero-order valence-electron chi connectivity index (χ0n) is 14.2. The average molecular weight is 330 g/mol. The number of nitriles is 1. The Kier molecular flexibility index (Phi) is 4.95. The van der Waals surface area contributed by atoms with Crippen molar-refractivity contribution in [1.29, 1.82) is 5.26 Å². The summed E-state index contributed by atoms with van der Waals surface area (Å²) in [6.45, 7) is 5.10. The summed E-state index contributed by atoms with van der Waals surface area (Å²) in [4.78, 5) is 19.7. The molecule has 0 N–H and O–H groups in total. The van der Waals surface area contributed by atoms with E-state index in [0.717, 1.165) is 22.8 Å². The van der Waals surface area contributed by atoms with Gasteiger partial charge in [0.1, 0.15) is 11.9 Å². The van der Waals surface area contributed by atoms with Crippen LogP contribution in [-0.2, 0) is 13.1 Å². The highest BCUT2D eigenvalue weighted by atomic mass is 15.2. The molecule has 6 heteroatoms. The topological polar surface area (TPSA) is 78.6 Å². The molecule has 124 valence electrons. The van der Waals surface area contributed by atoms with Crippen molar-refractivity contribution in [2.75, 3.05) is 4.90 Å². The lowest BCUT2D eigenvalue weighted by Crippen LogP contribution is -2.24. The molecule has 3 aromatic heterocycles. The van der Waals surface area contributed by atoms with Gasteiger partial charge in [-0.3, -0.25) is 9.97 Å². The van der Waals surface area contributed by atoms with Crippen LogP contribution in [0.2, 0.25) is 0 Å². The van der Waals surface area contributed by atoms with Crippen molar-refractivity contribution in [3.63, 3.8) is 0 Å². The normalized spacial score (nSPS) is 10.3. The van der Waals surface area contributed by atoms with Crippen LogP contribution < -0.4 is 4.90 Å². The van der Waals surface area contributed by atoms with Crippen LogP contribution in [0.5, 0.6) is 0 Å². The van der Waals surface area contributed by atoms with Gasteiger partial charge in [-0.25, -0.2) is 9.97 Å². The van der Waals surface area contributed by atoms with E-state index in [1.54, 1.807) is 6.20 Å². The first-order valence-corrected chi connectivity index (χ1v) is 7.96. The number of rotatable bonds is 5. The molecule has 3 heterocycles. The van der Waals surface area contributed by atoms with Crippen LogP contribution >= 0.6 is 0 Å². The molecule has 0 spiro atoms.